The van der Waals surface area contributed by atoms with Gasteiger partial charge in [-0.2, -0.15) is 5.10 Å². The van der Waals surface area contributed by atoms with Crippen molar-refractivity contribution in [2.45, 2.75) is 51.5 Å². The summed E-state index contributed by atoms with van der Waals surface area (Å²) >= 11 is 0. The third-order valence-corrected chi connectivity index (χ3v) is 6.85. The van der Waals surface area contributed by atoms with Crippen LogP contribution in [0.25, 0.3) is 22.4 Å². The Labute approximate surface area is 186 Å². The van der Waals surface area contributed by atoms with E-state index in [2.05, 4.69) is 36.9 Å². The van der Waals surface area contributed by atoms with Crippen molar-refractivity contribution in [3.05, 3.63) is 38.5 Å². The first-order chi connectivity index (χ1) is 15.5. The van der Waals surface area contributed by atoms with Crippen molar-refractivity contribution in [3.8, 4) is 11.4 Å². The minimum atomic E-state index is -0.250. The molecule has 5 rings (SSSR count). The topological polar surface area (TPSA) is 103 Å². The lowest BCUT2D eigenvalue weighted by Crippen LogP contribution is -2.30. The zero-order valence-corrected chi connectivity index (χ0v) is 18.9. The molecule has 2 aliphatic rings. The Hall–Kier alpha value is -2.94. The van der Waals surface area contributed by atoms with Crippen molar-refractivity contribution >= 4 is 16.9 Å². The second-order valence-electron chi connectivity index (χ2n) is 9.16. The zero-order chi connectivity index (χ0) is 22.2. The molecular formula is C23H31N7O2. The molecule has 3 aromatic rings. The molecule has 2 N–H and O–H groups in total. The summed E-state index contributed by atoms with van der Waals surface area (Å²) in [6.07, 6.45) is 6.67. The number of rotatable bonds is 3. The van der Waals surface area contributed by atoms with Crippen molar-refractivity contribution in [1.29, 1.82) is 0 Å². The summed E-state index contributed by atoms with van der Waals surface area (Å²) in [5.74, 6) is 1.09. The quantitative estimate of drug-likeness (QED) is 0.652. The summed E-state index contributed by atoms with van der Waals surface area (Å²) in [6, 6.07) is 3.90. The molecular weight excluding hydrogens is 406 g/mol. The summed E-state index contributed by atoms with van der Waals surface area (Å²) in [7, 11) is 2.12. The summed E-state index contributed by atoms with van der Waals surface area (Å²) < 4.78 is 1.86. The highest BCUT2D eigenvalue weighted by atomic mass is 16.1. The molecule has 170 valence electrons. The Morgan fingerprint density at radius 3 is 2.53 bits per heavy atom. The van der Waals surface area contributed by atoms with Gasteiger partial charge in [-0.05, 0) is 51.9 Å². The van der Waals surface area contributed by atoms with Crippen LogP contribution in [0.2, 0.25) is 0 Å². The first-order valence-corrected chi connectivity index (χ1v) is 11.7. The van der Waals surface area contributed by atoms with E-state index in [4.69, 9.17) is 0 Å². The molecule has 1 aliphatic carbocycles. The van der Waals surface area contributed by atoms with Crippen LogP contribution in [0.4, 0.5) is 5.82 Å². The van der Waals surface area contributed by atoms with Gasteiger partial charge in [0.05, 0.1) is 17.3 Å². The number of nitrogens with zero attached hydrogens (tertiary/aromatic N) is 5. The van der Waals surface area contributed by atoms with E-state index in [-0.39, 0.29) is 23.0 Å². The van der Waals surface area contributed by atoms with Gasteiger partial charge in [0.2, 0.25) is 0 Å². The van der Waals surface area contributed by atoms with E-state index in [1.807, 2.05) is 17.7 Å². The number of fused-ring (bicyclic) bond motifs is 1. The molecule has 4 heterocycles. The standard InChI is InChI=1S/C23H31N7O2/c1-15-19-20(30(27-15)16-7-4-3-5-8-16)23(32)26-21(25-19)17-9-10-18(24-22(17)31)29-12-6-11-28(2)13-14-29/h9-10,16H,3-8,11-14H2,1-2H3,(H,24,31)(H,25,26,32). The number of aromatic amines is 2. The fraction of sp³-hybridized carbons (Fsp3) is 0.565. The fourth-order valence-electron chi connectivity index (χ4n) is 5.03. The van der Waals surface area contributed by atoms with Crippen LogP contribution < -0.4 is 16.0 Å². The molecule has 0 radical (unpaired) electrons. The van der Waals surface area contributed by atoms with Gasteiger partial charge in [0, 0.05) is 19.6 Å². The zero-order valence-electron chi connectivity index (χ0n) is 18.9. The van der Waals surface area contributed by atoms with E-state index >= 15 is 0 Å². The Morgan fingerprint density at radius 2 is 1.75 bits per heavy atom. The molecule has 0 amide bonds. The van der Waals surface area contributed by atoms with Crippen LogP contribution in [0.1, 0.15) is 50.3 Å². The monoisotopic (exact) mass is 437 g/mol. The summed E-state index contributed by atoms with van der Waals surface area (Å²) in [4.78, 5) is 41.0. The maximum Gasteiger partial charge on any atom is 0.277 e. The largest absolute Gasteiger partial charge is 0.357 e. The van der Waals surface area contributed by atoms with Gasteiger partial charge in [-0.15, -0.1) is 0 Å². The molecule has 0 aromatic carbocycles. The van der Waals surface area contributed by atoms with E-state index < -0.39 is 0 Å². The molecule has 1 aliphatic heterocycles. The molecule has 0 bridgehead atoms. The molecule has 9 heteroatoms. The Kier molecular flexibility index (Phi) is 5.58. The van der Waals surface area contributed by atoms with Crippen molar-refractivity contribution in [1.82, 2.24) is 29.6 Å². The van der Waals surface area contributed by atoms with Gasteiger partial charge < -0.3 is 19.8 Å². The van der Waals surface area contributed by atoms with Crippen LogP contribution in [0.3, 0.4) is 0 Å². The molecule has 3 aromatic heterocycles. The lowest BCUT2D eigenvalue weighted by molar-refractivity contribution is 0.336. The Morgan fingerprint density at radius 1 is 0.938 bits per heavy atom. The normalized spacial score (nSPS) is 18.9. The molecule has 32 heavy (non-hydrogen) atoms. The highest BCUT2D eigenvalue weighted by molar-refractivity contribution is 5.78. The molecule has 9 nitrogen and oxygen atoms in total. The summed E-state index contributed by atoms with van der Waals surface area (Å²) in [6.45, 7) is 5.66. The van der Waals surface area contributed by atoms with Gasteiger partial charge in [0.1, 0.15) is 17.2 Å². The summed E-state index contributed by atoms with van der Waals surface area (Å²) in [5.41, 5.74) is 1.69. The van der Waals surface area contributed by atoms with Crippen LogP contribution >= 0.6 is 0 Å². The van der Waals surface area contributed by atoms with E-state index in [0.717, 1.165) is 69.8 Å². The molecule has 1 saturated heterocycles. The Bertz CT molecular complexity index is 1240. The predicted octanol–water partition coefficient (Wildman–Crippen LogP) is 2.43. The second kappa shape index (κ2) is 8.54. The highest BCUT2D eigenvalue weighted by Crippen LogP contribution is 2.30. The average molecular weight is 438 g/mol. The van der Waals surface area contributed by atoms with Crippen molar-refractivity contribution < 1.29 is 0 Å². The number of nitrogens with one attached hydrogen (secondary N) is 2. The number of hydrogen-bond donors (Lipinski definition) is 2. The van der Waals surface area contributed by atoms with Gasteiger partial charge in [-0.1, -0.05) is 19.3 Å². The maximum absolute atomic E-state index is 13.1. The smallest absolute Gasteiger partial charge is 0.277 e. The average Bonchev–Trinajstić information content (AvgIpc) is 2.97. The fourth-order valence-corrected chi connectivity index (χ4v) is 5.03. The molecule has 2 fully saturated rings. The minimum Gasteiger partial charge on any atom is -0.357 e. The van der Waals surface area contributed by atoms with Crippen molar-refractivity contribution in [2.75, 3.05) is 38.1 Å². The van der Waals surface area contributed by atoms with Gasteiger partial charge in [0.25, 0.3) is 11.1 Å². The first kappa shape index (κ1) is 20.9. The predicted molar refractivity (Wildman–Crippen MR) is 125 cm³/mol. The molecule has 0 atom stereocenters. The SMILES string of the molecule is Cc1nn(C2CCCCC2)c2c(=O)[nH]c(-c3ccc(N4CCCN(C)CC4)[nH]c3=O)nc12. The first-order valence-electron chi connectivity index (χ1n) is 11.7. The van der Waals surface area contributed by atoms with Gasteiger partial charge in [0.15, 0.2) is 5.52 Å². The highest BCUT2D eigenvalue weighted by Gasteiger charge is 2.23. The van der Waals surface area contributed by atoms with Gasteiger partial charge >= 0.3 is 0 Å². The van der Waals surface area contributed by atoms with Gasteiger partial charge in [-0.25, -0.2) is 4.98 Å². The van der Waals surface area contributed by atoms with Crippen molar-refractivity contribution in [2.24, 2.45) is 0 Å². The van der Waals surface area contributed by atoms with E-state index in [1.165, 1.54) is 6.42 Å². The summed E-state index contributed by atoms with van der Waals surface area (Å²) in [5, 5.41) is 4.66. The van der Waals surface area contributed by atoms with E-state index in [0.29, 0.717) is 16.6 Å². The number of anilines is 1. The van der Waals surface area contributed by atoms with Crippen LogP contribution in [-0.4, -0.2) is 62.9 Å². The molecule has 1 saturated carbocycles. The number of likely N-dealkylation sites (N-methyl/N-ethyl adjacent to an activating group) is 1. The second-order valence-corrected chi connectivity index (χ2v) is 9.16. The number of aromatic nitrogens is 5. The van der Waals surface area contributed by atoms with Crippen LogP contribution in [0.15, 0.2) is 21.7 Å². The Balaban J connectivity index is 1.50. The van der Waals surface area contributed by atoms with Crippen LogP contribution in [-0.2, 0) is 0 Å². The van der Waals surface area contributed by atoms with Gasteiger partial charge in [-0.3, -0.25) is 14.3 Å². The van der Waals surface area contributed by atoms with E-state index in [1.54, 1.807) is 6.07 Å². The maximum atomic E-state index is 13.1. The third kappa shape index (κ3) is 3.85. The molecule has 0 unspecified atom stereocenters. The number of aryl methyl sites for hydroxylation is 1. The van der Waals surface area contributed by atoms with Crippen LogP contribution in [0, 0.1) is 6.92 Å². The number of hydrogen-bond acceptors (Lipinski definition) is 6. The van der Waals surface area contributed by atoms with Crippen LogP contribution in [0.5, 0.6) is 0 Å². The number of pyridine rings is 1. The molecule has 0 spiro atoms. The van der Waals surface area contributed by atoms with E-state index in [9.17, 15) is 9.59 Å². The lowest BCUT2D eigenvalue weighted by Gasteiger charge is -2.22. The number of H-pyrrole nitrogens is 2. The third-order valence-electron chi connectivity index (χ3n) is 6.85. The lowest BCUT2D eigenvalue weighted by atomic mass is 9.95. The van der Waals surface area contributed by atoms with Crippen molar-refractivity contribution in [3.63, 3.8) is 0 Å². The minimum absolute atomic E-state index is 0.240.